The summed E-state index contributed by atoms with van der Waals surface area (Å²) in [6.45, 7) is -0.478. The van der Waals surface area contributed by atoms with E-state index in [1.165, 1.54) is 7.05 Å². The lowest BCUT2D eigenvalue weighted by atomic mass is 10.3. The zero-order chi connectivity index (χ0) is 13.2. The minimum Gasteiger partial charge on any atom is -0.396 e. The number of amides is 1. The number of anilines is 1. The minimum atomic E-state index is -3.94. The van der Waals surface area contributed by atoms with E-state index in [9.17, 15) is 17.6 Å². The standard InChI is InChI=1S/C9H12FN3O3S/c1-13(5-9(12)14)17(15,16)6-2-3-8(11)7(10)4-6/h2-4H,5,11H2,1H3,(H2,12,14). The van der Waals surface area contributed by atoms with Gasteiger partial charge < -0.3 is 11.5 Å². The Morgan fingerprint density at radius 2 is 2.06 bits per heavy atom. The van der Waals surface area contributed by atoms with Crippen LogP contribution in [0.15, 0.2) is 23.1 Å². The third-order valence-electron chi connectivity index (χ3n) is 2.06. The van der Waals surface area contributed by atoms with E-state index in [0.29, 0.717) is 0 Å². The van der Waals surface area contributed by atoms with Gasteiger partial charge in [-0.25, -0.2) is 12.8 Å². The predicted molar refractivity (Wildman–Crippen MR) is 59.8 cm³/mol. The molecule has 1 amide bonds. The number of hydrogen-bond donors (Lipinski definition) is 2. The van der Waals surface area contributed by atoms with E-state index in [-0.39, 0.29) is 10.6 Å². The summed E-state index contributed by atoms with van der Waals surface area (Å²) in [6.07, 6.45) is 0. The number of rotatable bonds is 4. The van der Waals surface area contributed by atoms with Crippen molar-refractivity contribution in [3.8, 4) is 0 Å². The molecule has 0 atom stereocenters. The Hall–Kier alpha value is -1.67. The number of primary amides is 1. The Morgan fingerprint density at radius 1 is 1.47 bits per heavy atom. The molecule has 0 bridgehead atoms. The van der Waals surface area contributed by atoms with Crippen LogP contribution >= 0.6 is 0 Å². The largest absolute Gasteiger partial charge is 0.396 e. The van der Waals surface area contributed by atoms with Crippen molar-refractivity contribution in [1.82, 2.24) is 4.31 Å². The summed E-state index contributed by atoms with van der Waals surface area (Å²) in [6, 6.07) is 3.09. The van der Waals surface area contributed by atoms with Gasteiger partial charge in [0, 0.05) is 7.05 Å². The van der Waals surface area contributed by atoms with E-state index >= 15 is 0 Å². The zero-order valence-electron chi connectivity index (χ0n) is 9.05. The second-order valence-corrected chi connectivity index (χ2v) is 5.46. The Kier molecular flexibility index (Phi) is 3.69. The molecule has 0 aliphatic heterocycles. The van der Waals surface area contributed by atoms with E-state index < -0.39 is 28.3 Å². The molecule has 4 N–H and O–H groups in total. The summed E-state index contributed by atoms with van der Waals surface area (Å²) in [4.78, 5) is 10.3. The number of nitrogens with zero attached hydrogens (tertiary/aromatic N) is 1. The normalized spacial score (nSPS) is 11.7. The van der Waals surface area contributed by atoms with Gasteiger partial charge in [-0.3, -0.25) is 4.79 Å². The van der Waals surface area contributed by atoms with Gasteiger partial charge in [0.25, 0.3) is 0 Å². The molecule has 0 radical (unpaired) electrons. The zero-order valence-corrected chi connectivity index (χ0v) is 9.87. The fraction of sp³-hybridized carbons (Fsp3) is 0.222. The van der Waals surface area contributed by atoms with Crippen LogP contribution in [0.25, 0.3) is 0 Å². The summed E-state index contributed by atoms with van der Waals surface area (Å²) in [5.74, 6) is -1.63. The summed E-state index contributed by atoms with van der Waals surface area (Å²) in [5.41, 5.74) is 9.96. The van der Waals surface area contributed by atoms with Gasteiger partial charge in [-0.2, -0.15) is 4.31 Å². The Labute approximate surface area is 98.1 Å². The van der Waals surface area contributed by atoms with Crippen molar-refractivity contribution in [2.75, 3.05) is 19.3 Å². The van der Waals surface area contributed by atoms with Crippen LogP contribution < -0.4 is 11.5 Å². The number of halogens is 1. The van der Waals surface area contributed by atoms with Gasteiger partial charge in [0.1, 0.15) is 5.82 Å². The van der Waals surface area contributed by atoms with Crippen molar-refractivity contribution in [3.63, 3.8) is 0 Å². The first-order valence-electron chi connectivity index (χ1n) is 4.55. The SMILES string of the molecule is CN(CC(N)=O)S(=O)(=O)c1ccc(N)c(F)c1. The molecule has 0 saturated heterocycles. The molecular weight excluding hydrogens is 249 g/mol. The lowest BCUT2D eigenvalue weighted by Crippen LogP contribution is -2.35. The van der Waals surface area contributed by atoms with Gasteiger partial charge in [-0.05, 0) is 18.2 Å². The van der Waals surface area contributed by atoms with Crippen molar-refractivity contribution in [1.29, 1.82) is 0 Å². The number of nitrogens with two attached hydrogens (primary N) is 2. The molecule has 1 rings (SSSR count). The molecule has 0 heterocycles. The maximum Gasteiger partial charge on any atom is 0.243 e. The molecular formula is C9H12FN3O3S. The molecule has 0 saturated carbocycles. The van der Waals surface area contributed by atoms with Gasteiger partial charge in [0.15, 0.2) is 0 Å². The fourth-order valence-electron chi connectivity index (χ4n) is 1.15. The van der Waals surface area contributed by atoms with Crippen molar-refractivity contribution in [3.05, 3.63) is 24.0 Å². The average Bonchev–Trinajstić information content (AvgIpc) is 2.20. The summed E-state index contributed by atoms with van der Waals surface area (Å²) in [5, 5.41) is 0. The first kappa shape index (κ1) is 13.4. The highest BCUT2D eigenvalue weighted by atomic mass is 32.2. The number of nitrogen functional groups attached to an aromatic ring is 1. The van der Waals surface area contributed by atoms with Gasteiger partial charge in [-0.1, -0.05) is 0 Å². The first-order chi connectivity index (χ1) is 7.75. The summed E-state index contributed by atoms with van der Waals surface area (Å²) in [7, 11) is -2.76. The van der Waals surface area contributed by atoms with Crippen LogP contribution in [0, 0.1) is 5.82 Å². The molecule has 17 heavy (non-hydrogen) atoms. The number of carbonyl (C=O) groups excluding carboxylic acids is 1. The number of carbonyl (C=O) groups is 1. The molecule has 1 aromatic carbocycles. The monoisotopic (exact) mass is 261 g/mol. The number of likely N-dealkylation sites (N-methyl/N-ethyl adjacent to an activating group) is 1. The highest BCUT2D eigenvalue weighted by molar-refractivity contribution is 7.89. The van der Waals surface area contributed by atoms with E-state index in [4.69, 9.17) is 11.5 Å². The Bertz CT molecular complexity index is 544. The van der Waals surface area contributed by atoms with Gasteiger partial charge in [0.2, 0.25) is 15.9 Å². The maximum absolute atomic E-state index is 13.1. The van der Waals surface area contributed by atoms with Gasteiger partial charge >= 0.3 is 0 Å². The molecule has 94 valence electrons. The topological polar surface area (TPSA) is 106 Å². The van der Waals surface area contributed by atoms with Crippen LogP contribution in [-0.2, 0) is 14.8 Å². The first-order valence-corrected chi connectivity index (χ1v) is 5.99. The quantitative estimate of drug-likeness (QED) is 0.713. The van der Waals surface area contributed by atoms with Gasteiger partial charge in [0.05, 0.1) is 17.1 Å². The highest BCUT2D eigenvalue weighted by Gasteiger charge is 2.22. The molecule has 0 aliphatic rings. The summed E-state index contributed by atoms with van der Waals surface area (Å²) < 4.78 is 37.6. The molecule has 0 aromatic heterocycles. The van der Waals surface area contributed by atoms with Crippen LogP contribution in [0.5, 0.6) is 0 Å². The van der Waals surface area contributed by atoms with E-state index in [1.807, 2.05) is 0 Å². The number of hydrogen-bond acceptors (Lipinski definition) is 4. The highest BCUT2D eigenvalue weighted by Crippen LogP contribution is 2.18. The van der Waals surface area contributed by atoms with Crippen LogP contribution in [0.4, 0.5) is 10.1 Å². The fourth-order valence-corrected chi connectivity index (χ4v) is 2.30. The Balaban J connectivity index is 3.13. The minimum absolute atomic E-state index is 0.151. The second-order valence-electron chi connectivity index (χ2n) is 3.41. The van der Waals surface area contributed by atoms with Gasteiger partial charge in [-0.15, -0.1) is 0 Å². The second kappa shape index (κ2) is 4.68. The van der Waals surface area contributed by atoms with Crippen LogP contribution in [0.1, 0.15) is 0 Å². The van der Waals surface area contributed by atoms with Crippen molar-refractivity contribution >= 4 is 21.6 Å². The molecule has 0 aliphatic carbocycles. The van der Waals surface area contributed by atoms with Crippen LogP contribution in [-0.4, -0.2) is 32.2 Å². The smallest absolute Gasteiger partial charge is 0.243 e. The maximum atomic E-state index is 13.1. The number of benzene rings is 1. The third-order valence-corrected chi connectivity index (χ3v) is 3.86. The molecule has 0 unspecified atom stereocenters. The molecule has 6 nitrogen and oxygen atoms in total. The van der Waals surface area contributed by atoms with Crippen molar-refractivity contribution in [2.45, 2.75) is 4.90 Å². The Morgan fingerprint density at radius 3 is 2.53 bits per heavy atom. The lowest BCUT2D eigenvalue weighted by Gasteiger charge is -2.15. The molecule has 1 aromatic rings. The lowest BCUT2D eigenvalue weighted by molar-refractivity contribution is -0.118. The average molecular weight is 261 g/mol. The van der Waals surface area contributed by atoms with Crippen LogP contribution in [0.3, 0.4) is 0 Å². The molecule has 8 heteroatoms. The van der Waals surface area contributed by atoms with E-state index in [0.717, 1.165) is 22.5 Å². The van der Waals surface area contributed by atoms with Crippen molar-refractivity contribution in [2.24, 2.45) is 5.73 Å². The van der Waals surface area contributed by atoms with E-state index in [2.05, 4.69) is 0 Å². The van der Waals surface area contributed by atoms with E-state index in [1.54, 1.807) is 0 Å². The number of sulfonamides is 1. The predicted octanol–water partition coefficient (Wildman–Crippen LogP) is -0.486. The summed E-state index contributed by atoms with van der Waals surface area (Å²) >= 11 is 0. The molecule has 0 fully saturated rings. The van der Waals surface area contributed by atoms with Crippen LogP contribution in [0.2, 0.25) is 0 Å². The third kappa shape index (κ3) is 2.92. The molecule has 0 spiro atoms. The van der Waals surface area contributed by atoms with Crippen molar-refractivity contribution < 1.29 is 17.6 Å².